The standard InChI is InChI=1S/C18H20O2/c1-14(16-10-6-3-7-11-16)12-17(18(19)20)13-15-8-4-2-5-9-15/h2-11,14,17H,12-13H2,1H3,(H,19,20)/t14-,17-/m1/s1. The van der Waals surface area contributed by atoms with Crippen LogP contribution >= 0.6 is 0 Å². The summed E-state index contributed by atoms with van der Waals surface area (Å²) in [5.41, 5.74) is 2.28. The molecule has 0 saturated heterocycles. The highest BCUT2D eigenvalue weighted by Gasteiger charge is 2.21. The third-order valence-electron chi connectivity index (χ3n) is 3.68. The predicted molar refractivity (Wildman–Crippen MR) is 80.7 cm³/mol. The maximum absolute atomic E-state index is 11.5. The number of aliphatic carboxylic acids is 1. The van der Waals surface area contributed by atoms with E-state index in [9.17, 15) is 9.90 Å². The van der Waals surface area contributed by atoms with E-state index in [1.165, 1.54) is 5.56 Å². The largest absolute Gasteiger partial charge is 0.481 e. The van der Waals surface area contributed by atoms with Crippen LogP contribution in [0.1, 0.15) is 30.4 Å². The summed E-state index contributed by atoms with van der Waals surface area (Å²) in [7, 11) is 0. The topological polar surface area (TPSA) is 37.3 Å². The van der Waals surface area contributed by atoms with Crippen molar-refractivity contribution in [1.82, 2.24) is 0 Å². The van der Waals surface area contributed by atoms with Gasteiger partial charge in [0.05, 0.1) is 5.92 Å². The highest BCUT2D eigenvalue weighted by molar-refractivity contribution is 5.70. The lowest BCUT2D eigenvalue weighted by atomic mass is 9.87. The summed E-state index contributed by atoms with van der Waals surface area (Å²) in [6.07, 6.45) is 1.25. The highest BCUT2D eigenvalue weighted by Crippen LogP contribution is 2.25. The summed E-state index contributed by atoms with van der Waals surface area (Å²) < 4.78 is 0. The molecule has 0 aliphatic heterocycles. The zero-order chi connectivity index (χ0) is 14.4. The van der Waals surface area contributed by atoms with Crippen molar-refractivity contribution in [2.24, 2.45) is 5.92 Å². The molecule has 0 fully saturated rings. The minimum Gasteiger partial charge on any atom is -0.481 e. The quantitative estimate of drug-likeness (QED) is 0.855. The number of hydrogen-bond donors (Lipinski definition) is 1. The molecule has 2 aromatic rings. The molecule has 0 amide bonds. The van der Waals surface area contributed by atoms with Crippen molar-refractivity contribution in [3.63, 3.8) is 0 Å². The van der Waals surface area contributed by atoms with Crippen molar-refractivity contribution in [3.05, 3.63) is 71.8 Å². The van der Waals surface area contributed by atoms with E-state index in [1.54, 1.807) is 0 Å². The molecule has 0 unspecified atom stereocenters. The van der Waals surface area contributed by atoms with Crippen molar-refractivity contribution in [3.8, 4) is 0 Å². The number of benzene rings is 2. The summed E-state index contributed by atoms with van der Waals surface area (Å²) >= 11 is 0. The van der Waals surface area contributed by atoms with Gasteiger partial charge in [-0.15, -0.1) is 0 Å². The van der Waals surface area contributed by atoms with Crippen LogP contribution in [0, 0.1) is 5.92 Å². The molecular formula is C18H20O2. The Morgan fingerprint density at radius 3 is 2.10 bits per heavy atom. The van der Waals surface area contributed by atoms with Gasteiger partial charge in [-0.05, 0) is 29.9 Å². The van der Waals surface area contributed by atoms with Gasteiger partial charge in [-0.1, -0.05) is 67.6 Å². The van der Waals surface area contributed by atoms with Crippen molar-refractivity contribution < 1.29 is 9.90 Å². The molecule has 2 nitrogen and oxygen atoms in total. The van der Waals surface area contributed by atoms with E-state index in [1.807, 2.05) is 48.5 Å². The van der Waals surface area contributed by atoms with E-state index < -0.39 is 5.97 Å². The molecule has 0 bridgehead atoms. The second kappa shape index (κ2) is 6.90. The summed E-state index contributed by atoms with van der Waals surface area (Å²) in [6.45, 7) is 2.09. The number of carboxylic acid groups (broad SMARTS) is 1. The van der Waals surface area contributed by atoms with E-state index in [2.05, 4.69) is 19.1 Å². The van der Waals surface area contributed by atoms with E-state index in [-0.39, 0.29) is 11.8 Å². The Balaban J connectivity index is 2.05. The van der Waals surface area contributed by atoms with Crippen LogP contribution < -0.4 is 0 Å². The number of hydrogen-bond acceptors (Lipinski definition) is 1. The van der Waals surface area contributed by atoms with Crippen LogP contribution in [0.15, 0.2) is 60.7 Å². The van der Waals surface area contributed by atoms with E-state index in [4.69, 9.17) is 0 Å². The minimum atomic E-state index is -0.711. The van der Waals surface area contributed by atoms with Crippen molar-refractivity contribution in [1.29, 1.82) is 0 Å². The Kier molecular flexibility index (Phi) is 4.94. The lowest BCUT2D eigenvalue weighted by Gasteiger charge is -2.18. The molecule has 2 aromatic carbocycles. The zero-order valence-electron chi connectivity index (χ0n) is 11.7. The van der Waals surface area contributed by atoms with Crippen LogP contribution in [0.4, 0.5) is 0 Å². The van der Waals surface area contributed by atoms with Gasteiger partial charge in [0.25, 0.3) is 0 Å². The molecular weight excluding hydrogens is 248 g/mol. The molecule has 0 aliphatic carbocycles. The first-order chi connectivity index (χ1) is 9.66. The van der Waals surface area contributed by atoms with E-state index in [0.29, 0.717) is 12.8 Å². The fourth-order valence-corrected chi connectivity index (χ4v) is 2.51. The van der Waals surface area contributed by atoms with Gasteiger partial charge in [-0.3, -0.25) is 4.79 Å². The Morgan fingerprint density at radius 2 is 1.55 bits per heavy atom. The van der Waals surface area contributed by atoms with Crippen molar-refractivity contribution in [2.45, 2.75) is 25.7 Å². The Hall–Kier alpha value is -2.09. The predicted octanol–water partition coefficient (Wildman–Crippen LogP) is 4.12. The number of rotatable bonds is 6. The third kappa shape index (κ3) is 3.95. The van der Waals surface area contributed by atoms with Gasteiger partial charge in [0.1, 0.15) is 0 Å². The Labute approximate surface area is 120 Å². The van der Waals surface area contributed by atoms with Gasteiger partial charge in [-0.25, -0.2) is 0 Å². The molecule has 0 radical (unpaired) electrons. The van der Waals surface area contributed by atoms with Gasteiger partial charge >= 0.3 is 5.97 Å². The molecule has 2 heteroatoms. The summed E-state index contributed by atoms with van der Waals surface area (Å²) in [5, 5.41) is 9.43. The second-order valence-corrected chi connectivity index (χ2v) is 5.27. The van der Waals surface area contributed by atoms with Crippen molar-refractivity contribution in [2.75, 3.05) is 0 Å². The monoisotopic (exact) mass is 268 g/mol. The van der Waals surface area contributed by atoms with Crippen LogP contribution in [0.2, 0.25) is 0 Å². The smallest absolute Gasteiger partial charge is 0.306 e. The Bertz CT molecular complexity index is 534. The summed E-state index contributed by atoms with van der Waals surface area (Å²) in [4.78, 5) is 11.5. The first-order valence-electron chi connectivity index (χ1n) is 6.98. The Morgan fingerprint density at radius 1 is 1.00 bits per heavy atom. The molecule has 104 valence electrons. The normalized spacial score (nSPS) is 13.7. The maximum atomic E-state index is 11.5. The van der Waals surface area contributed by atoms with Crippen LogP contribution in [0.3, 0.4) is 0 Å². The molecule has 0 spiro atoms. The van der Waals surface area contributed by atoms with Gasteiger partial charge in [0.2, 0.25) is 0 Å². The van der Waals surface area contributed by atoms with Crippen molar-refractivity contribution >= 4 is 5.97 Å². The van der Waals surface area contributed by atoms with Crippen LogP contribution in [-0.2, 0) is 11.2 Å². The molecule has 0 aromatic heterocycles. The maximum Gasteiger partial charge on any atom is 0.306 e. The first kappa shape index (κ1) is 14.3. The number of carboxylic acids is 1. The number of carbonyl (C=O) groups is 1. The van der Waals surface area contributed by atoms with Gasteiger partial charge in [0.15, 0.2) is 0 Å². The van der Waals surface area contributed by atoms with Crippen LogP contribution in [0.5, 0.6) is 0 Å². The second-order valence-electron chi connectivity index (χ2n) is 5.27. The van der Waals surface area contributed by atoms with Crippen LogP contribution in [0.25, 0.3) is 0 Å². The summed E-state index contributed by atoms with van der Waals surface area (Å²) in [6, 6.07) is 19.9. The molecule has 20 heavy (non-hydrogen) atoms. The molecule has 2 atom stereocenters. The molecule has 1 N–H and O–H groups in total. The van der Waals surface area contributed by atoms with Gasteiger partial charge in [-0.2, -0.15) is 0 Å². The van der Waals surface area contributed by atoms with Gasteiger partial charge in [0, 0.05) is 0 Å². The average Bonchev–Trinajstić information content (AvgIpc) is 2.48. The molecule has 0 saturated carbocycles. The SMILES string of the molecule is C[C@H](C[C@H](Cc1ccccc1)C(=O)O)c1ccccc1. The highest BCUT2D eigenvalue weighted by atomic mass is 16.4. The first-order valence-corrected chi connectivity index (χ1v) is 6.98. The molecule has 0 aliphatic rings. The third-order valence-corrected chi connectivity index (χ3v) is 3.68. The lowest BCUT2D eigenvalue weighted by molar-refractivity contribution is -0.142. The fraction of sp³-hybridized carbons (Fsp3) is 0.278. The summed E-state index contributed by atoms with van der Waals surface area (Å²) in [5.74, 6) is -0.801. The van der Waals surface area contributed by atoms with Gasteiger partial charge < -0.3 is 5.11 Å². The van der Waals surface area contributed by atoms with E-state index in [0.717, 1.165) is 5.56 Å². The average molecular weight is 268 g/mol. The zero-order valence-corrected chi connectivity index (χ0v) is 11.7. The van der Waals surface area contributed by atoms with Crippen LogP contribution in [-0.4, -0.2) is 11.1 Å². The molecule has 0 heterocycles. The lowest BCUT2D eigenvalue weighted by Crippen LogP contribution is -2.18. The van der Waals surface area contributed by atoms with E-state index >= 15 is 0 Å². The fourth-order valence-electron chi connectivity index (χ4n) is 2.51. The molecule has 2 rings (SSSR count). The minimum absolute atomic E-state index is 0.251.